The third kappa shape index (κ3) is 7.67. The minimum atomic E-state index is -2.44. The monoisotopic (exact) mass is 555 g/mol. The molecule has 8 heteroatoms. The molecule has 0 fully saturated rings. The van der Waals surface area contributed by atoms with Crippen molar-refractivity contribution in [3.05, 3.63) is 23.3 Å². The van der Waals surface area contributed by atoms with E-state index in [1.807, 2.05) is 19.9 Å². The number of carbonyl (C=O) groups is 1. The molecule has 2 atom stereocenters. The second kappa shape index (κ2) is 13.7. The molecule has 1 amide bonds. The zero-order valence-corrected chi connectivity index (χ0v) is 27.3. The number of hydrogen-bond donors (Lipinski definition) is 2. The topological polar surface area (TPSA) is 79.2 Å². The van der Waals surface area contributed by atoms with Gasteiger partial charge in [0.1, 0.15) is 11.5 Å². The number of ether oxygens (including phenoxy) is 1. The van der Waals surface area contributed by atoms with E-state index >= 15 is 0 Å². The fourth-order valence-corrected chi connectivity index (χ4v) is 12.2. The second-order valence-corrected chi connectivity index (χ2v) is 18.8. The standard InChI is InChI=1S/C29H53NO5SSi/c1-14-30(15-2)28(32)22-16-23(34-13)25(26(36-18(3)4)27(31)29(11,12)33)24(17-22)35-37(19(5)6,20(7)8)21(9)10/h16-21,26-27,31,33H,14-15H2,1-13H3/t26-,27+/m1/s1. The maximum Gasteiger partial charge on any atom is 0.258 e. The molecule has 6 nitrogen and oxygen atoms in total. The highest BCUT2D eigenvalue weighted by atomic mass is 32.2. The van der Waals surface area contributed by atoms with Crippen LogP contribution in [-0.2, 0) is 0 Å². The van der Waals surface area contributed by atoms with Crippen LogP contribution >= 0.6 is 11.8 Å². The summed E-state index contributed by atoms with van der Waals surface area (Å²) in [4.78, 5) is 15.3. The number of amides is 1. The van der Waals surface area contributed by atoms with Crippen LogP contribution in [0.15, 0.2) is 12.1 Å². The Kier molecular flexibility index (Phi) is 12.5. The van der Waals surface area contributed by atoms with Crippen LogP contribution in [-0.4, -0.2) is 66.5 Å². The normalized spacial score (nSPS) is 14.5. The maximum atomic E-state index is 13.5. The Morgan fingerprint density at radius 2 is 1.43 bits per heavy atom. The molecule has 37 heavy (non-hydrogen) atoms. The fourth-order valence-electron chi connectivity index (χ4n) is 5.46. The third-order valence-electron chi connectivity index (χ3n) is 7.33. The van der Waals surface area contributed by atoms with Gasteiger partial charge in [-0.3, -0.25) is 4.79 Å². The molecule has 0 saturated carbocycles. The summed E-state index contributed by atoms with van der Waals surface area (Å²) in [7, 11) is -0.854. The van der Waals surface area contributed by atoms with Crippen LogP contribution in [0.3, 0.4) is 0 Å². The predicted octanol–water partition coefficient (Wildman–Crippen LogP) is 7.05. The first-order valence-electron chi connectivity index (χ1n) is 13.7. The first-order valence-corrected chi connectivity index (χ1v) is 16.8. The quantitative estimate of drug-likeness (QED) is 0.240. The Balaban J connectivity index is 4.12. The Labute approximate surface area is 231 Å². The Morgan fingerprint density at radius 1 is 0.973 bits per heavy atom. The number of aliphatic hydroxyl groups is 2. The van der Waals surface area contributed by atoms with Crippen LogP contribution in [0.1, 0.15) is 104 Å². The molecule has 0 bridgehead atoms. The summed E-state index contributed by atoms with van der Waals surface area (Å²) in [5.41, 5.74) is 0.777. The molecule has 0 heterocycles. The summed E-state index contributed by atoms with van der Waals surface area (Å²) in [6.07, 6.45) is -1.09. The van der Waals surface area contributed by atoms with Crippen molar-refractivity contribution in [1.29, 1.82) is 0 Å². The molecule has 0 saturated heterocycles. The fraction of sp³-hybridized carbons (Fsp3) is 0.759. The van der Waals surface area contributed by atoms with Gasteiger partial charge in [-0.1, -0.05) is 55.4 Å². The van der Waals surface area contributed by atoms with Crippen molar-refractivity contribution in [3.8, 4) is 11.5 Å². The van der Waals surface area contributed by atoms with Gasteiger partial charge in [0.15, 0.2) is 0 Å². The lowest BCUT2D eigenvalue weighted by Crippen LogP contribution is -2.51. The van der Waals surface area contributed by atoms with Gasteiger partial charge in [-0.2, -0.15) is 0 Å². The lowest BCUT2D eigenvalue weighted by atomic mass is 9.93. The van der Waals surface area contributed by atoms with Gasteiger partial charge in [0, 0.05) is 18.7 Å². The summed E-state index contributed by atoms with van der Waals surface area (Å²) >= 11 is 1.56. The van der Waals surface area contributed by atoms with Gasteiger partial charge in [0.05, 0.1) is 29.6 Å². The van der Waals surface area contributed by atoms with E-state index in [-0.39, 0.29) is 11.2 Å². The first kappa shape index (κ1) is 33.8. The smallest absolute Gasteiger partial charge is 0.258 e. The van der Waals surface area contributed by atoms with E-state index in [4.69, 9.17) is 9.16 Å². The first-order chi connectivity index (χ1) is 17.0. The van der Waals surface area contributed by atoms with Gasteiger partial charge in [0.25, 0.3) is 14.2 Å². The Hall–Kier alpha value is -1.22. The average Bonchev–Trinajstić information content (AvgIpc) is 2.79. The molecular weight excluding hydrogens is 502 g/mol. The van der Waals surface area contributed by atoms with Crippen LogP contribution in [0.5, 0.6) is 11.5 Å². The van der Waals surface area contributed by atoms with Gasteiger partial charge < -0.3 is 24.3 Å². The number of methoxy groups -OCH3 is 1. The molecule has 1 aromatic carbocycles. The van der Waals surface area contributed by atoms with Gasteiger partial charge in [0.2, 0.25) is 0 Å². The summed E-state index contributed by atoms with van der Waals surface area (Å²) in [5, 5.41) is 21.9. The number of nitrogens with zero attached hydrogens (tertiary/aromatic N) is 1. The molecule has 0 aliphatic carbocycles. The summed E-state index contributed by atoms with van der Waals surface area (Å²) < 4.78 is 13.1. The minimum Gasteiger partial charge on any atom is -0.542 e. The highest BCUT2D eigenvalue weighted by Crippen LogP contribution is 2.51. The lowest BCUT2D eigenvalue weighted by molar-refractivity contribution is -0.0487. The number of hydrogen-bond acceptors (Lipinski definition) is 6. The molecular formula is C29H53NO5SSi. The SMILES string of the molecule is CCN(CC)C(=O)c1cc(OC)c([C@@H](SC(C)C)[C@H](O)C(C)(C)O)c(O[Si](C(C)C)(C(C)C)C(C)C)c1. The summed E-state index contributed by atoms with van der Waals surface area (Å²) in [6.45, 7) is 25.8. The van der Waals surface area contributed by atoms with Crippen LogP contribution in [0.2, 0.25) is 16.6 Å². The van der Waals surface area contributed by atoms with Crippen molar-refractivity contribution < 1.29 is 24.2 Å². The highest BCUT2D eigenvalue weighted by molar-refractivity contribution is 8.00. The van der Waals surface area contributed by atoms with Crippen LogP contribution in [0, 0.1) is 0 Å². The zero-order valence-electron chi connectivity index (χ0n) is 25.5. The molecule has 1 rings (SSSR count). The van der Waals surface area contributed by atoms with E-state index in [1.54, 1.807) is 43.7 Å². The van der Waals surface area contributed by atoms with E-state index in [9.17, 15) is 15.0 Å². The molecule has 0 spiro atoms. The highest BCUT2D eigenvalue weighted by Gasteiger charge is 2.48. The average molecular weight is 556 g/mol. The largest absolute Gasteiger partial charge is 0.542 e. The molecule has 0 aliphatic heterocycles. The maximum absolute atomic E-state index is 13.5. The lowest BCUT2D eigenvalue weighted by Gasteiger charge is -2.43. The van der Waals surface area contributed by atoms with Crippen molar-refractivity contribution in [2.24, 2.45) is 0 Å². The zero-order chi connectivity index (χ0) is 28.9. The van der Waals surface area contributed by atoms with Gasteiger partial charge >= 0.3 is 0 Å². The summed E-state index contributed by atoms with van der Waals surface area (Å²) in [5.74, 6) is 0.995. The van der Waals surface area contributed by atoms with E-state index < -0.39 is 25.3 Å². The van der Waals surface area contributed by atoms with Crippen molar-refractivity contribution in [1.82, 2.24) is 4.90 Å². The second-order valence-electron chi connectivity index (χ2n) is 11.7. The molecule has 0 radical (unpaired) electrons. The van der Waals surface area contributed by atoms with Crippen molar-refractivity contribution >= 4 is 26.0 Å². The van der Waals surface area contributed by atoms with Gasteiger partial charge in [-0.05, 0) is 61.7 Å². The van der Waals surface area contributed by atoms with Gasteiger partial charge in [-0.15, -0.1) is 11.8 Å². The molecule has 0 aromatic heterocycles. The van der Waals surface area contributed by atoms with E-state index in [0.29, 0.717) is 52.3 Å². The molecule has 0 aliphatic rings. The van der Waals surface area contributed by atoms with E-state index in [0.717, 1.165) is 0 Å². The van der Waals surface area contributed by atoms with Crippen LogP contribution < -0.4 is 9.16 Å². The number of benzene rings is 1. The molecule has 1 aromatic rings. The van der Waals surface area contributed by atoms with E-state index in [2.05, 4.69) is 55.4 Å². The van der Waals surface area contributed by atoms with Gasteiger partial charge in [-0.25, -0.2) is 0 Å². The minimum absolute atomic E-state index is 0.0818. The Bertz CT molecular complexity index is 856. The number of rotatable bonds is 14. The molecule has 214 valence electrons. The predicted molar refractivity (Wildman–Crippen MR) is 160 cm³/mol. The Morgan fingerprint density at radius 3 is 1.78 bits per heavy atom. The van der Waals surface area contributed by atoms with E-state index in [1.165, 1.54) is 0 Å². The summed E-state index contributed by atoms with van der Waals surface area (Å²) in [6, 6.07) is 3.61. The molecule has 0 unspecified atom stereocenters. The van der Waals surface area contributed by atoms with Crippen molar-refractivity contribution in [2.45, 2.75) is 122 Å². The van der Waals surface area contributed by atoms with Crippen LogP contribution in [0.4, 0.5) is 0 Å². The van der Waals surface area contributed by atoms with Crippen molar-refractivity contribution in [2.75, 3.05) is 20.2 Å². The number of aliphatic hydroxyl groups excluding tert-OH is 1. The third-order valence-corrected chi connectivity index (χ3v) is 14.6. The van der Waals surface area contributed by atoms with Crippen LogP contribution in [0.25, 0.3) is 0 Å². The number of thioether (sulfide) groups is 1. The molecule has 2 N–H and O–H groups in total. The van der Waals surface area contributed by atoms with Crippen molar-refractivity contribution in [3.63, 3.8) is 0 Å². The number of carbonyl (C=O) groups excluding carboxylic acids is 1.